The second kappa shape index (κ2) is 8.12. The molecule has 1 aromatic heterocycles. The van der Waals surface area contributed by atoms with Crippen molar-refractivity contribution >= 4 is 22.8 Å². The summed E-state index contributed by atoms with van der Waals surface area (Å²) in [6.45, 7) is 1.49. The number of hydrogen-bond acceptors (Lipinski definition) is 5. The van der Waals surface area contributed by atoms with Gasteiger partial charge < -0.3 is 18.8 Å². The Bertz CT molecular complexity index is 1030. The molecule has 0 aliphatic rings. The maximum absolute atomic E-state index is 13.8. The highest BCUT2D eigenvalue weighted by atomic mass is 19.1. The minimum Gasteiger partial charge on any atom is -0.494 e. The highest BCUT2D eigenvalue weighted by molar-refractivity contribution is 5.96. The third-order valence-electron chi connectivity index (χ3n) is 4.42. The fraction of sp³-hybridized carbons (Fsp3) is 0.238. The van der Waals surface area contributed by atoms with Gasteiger partial charge in [0.1, 0.15) is 5.58 Å². The predicted molar refractivity (Wildman–Crippen MR) is 101 cm³/mol. The summed E-state index contributed by atoms with van der Waals surface area (Å²) in [5.41, 5.74) is 1.83. The number of nitrogens with zero attached hydrogens (tertiary/aromatic N) is 1. The SMILES string of the molecule is COc1ccc(CN(C)C(=O)COC(=O)c2oc3ccccc3c2C)cc1F. The molecule has 1 amide bonds. The van der Waals surface area contributed by atoms with Gasteiger partial charge in [-0.15, -0.1) is 0 Å². The van der Waals surface area contributed by atoms with Crippen LogP contribution in [0, 0.1) is 12.7 Å². The Morgan fingerprint density at radius 3 is 2.61 bits per heavy atom. The van der Waals surface area contributed by atoms with Gasteiger partial charge in [-0.1, -0.05) is 24.3 Å². The molecule has 0 atom stereocenters. The van der Waals surface area contributed by atoms with Crippen molar-refractivity contribution in [2.75, 3.05) is 20.8 Å². The second-order valence-corrected chi connectivity index (χ2v) is 6.35. The van der Waals surface area contributed by atoms with E-state index in [1.165, 1.54) is 24.1 Å². The minimum absolute atomic E-state index is 0.0777. The number of esters is 1. The maximum Gasteiger partial charge on any atom is 0.375 e. The van der Waals surface area contributed by atoms with Crippen molar-refractivity contribution in [2.24, 2.45) is 0 Å². The van der Waals surface area contributed by atoms with Crippen LogP contribution in [-0.2, 0) is 16.1 Å². The van der Waals surface area contributed by atoms with E-state index in [1.54, 1.807) is 32.2 Å². The van der Waals surface area contributed by atoms with Gasteiger partial charge in [-0.25, -0.2) is 9.18 Å². The van der Waals surface area contributed by atoms with Crippen LogP contribution in [0.1, 0.15) is 21.7 Å². The number of aryl methyl sites for hydroxylation is 1. The summed E-state index contributed by atoms with van der Waals surface area (Å²) >= 11 is 0. The van der Waals surface area contributed by atoms with Crippen molar-refractivity contribution in [3.8, 4) is 5.75 Å². The van der Waals surface area contributed by atoms with E-state index in [4.69, 9.17) is 13.9 Å². The van der Waals surface area contributed by atoms with E-state index in [2.05, 4.69) is 0 Å². The van der Waals surface area contributed by atoms with E-state index in [9.17, 15) is 14.0 Å². The van der Waals surface area contributed by atoms with Gasteiger partial charge in [0.05, 0.1) is 7.11 Å². The fourth-order valence-electron chi connectivity index (χ4n) is 2.84. The summed E-state index contributed by atoms with van der Waals surface area (Å²) in [7, 11) is 2.93. The molecule has 3 aromatic rings. The molecule has 0 aliphatic carbocycles. The van der Waals surface area contributed by atoms with Gasteiger partial charge in [0.25, 0.3) is 5.91 Å². The van der Waals surface area contributed by atoms with Gasteiger partial charge in [0.15, 0.2) is 18.2 Å². The van der Waals surface area contributed by atoms with Gasteiger partial charge in [-0.2, -0.15) is 0 Å². The Morgan fingerprint density at radius 1 is 1.18 bits per heavy atom. The van der Waals surface area contributed by atoms with Gasteiger partial charge >= 0.3 is 5.97 Å². The lowest BCUT2D eigenvalue weighted by molar-refractivity contribution is -0.133. The van der Waals surface area contributed by atoms with Crippen LogP contribution < -0.4 is 4.74 Å². The molecule has 0 unspecified atom stereocenters. The summed E-state index contributed by atoms with van der Waals surface area (Å²) in [5.74, 6) is -1.42. The molecule has 2 aromatic carbocycles. The first-order valence-electron chi connectivity index (χ1n) is 8.62. The lowest BCUT2D eigenvalue weighted by Crippen LogP contribution is -2.30. The molecule has 0 bridgehead atoms. The number of hydrogen-bond donors (Lipinski definition) is 0. The molecule has 0 N–H and O–H groups in total. The Balaban J connectivity index is 1.60. The van der Waals surface area contributed by atoms with Gasteiger partial charge in [0.2, 0.25) is 5.76 Å². The van der Waals surface area contributed by atoms with E-state index in [0.29, 0.717) is 16.7 Å². The standard InChI is InChI=1S/C21H20FNO5/c1-13-15-6-4-5-7-17(15)28-20(13)21(25)27-12-19(24)23(2)11-14-8-9-18(26-3)16(22)10-14/h4-10H,11-12H2,1-3H3. The molecule has 0 radical (unpaired) electrons. The summed E-state index contributed by atoms with van der Waals surface area (Å²) < 4.78 is 29.3. The molecule has 146 valence electrons. The van der Waals surface area contributed by atoms with Crippen LogP contribution in [0.3, 0.4) is 0 Å². The summed E-state index contributed by atoms with van der Waals surface area (Å²) in [4.78, 5) is 25.9. The van der Waals surface area contributed by atoms with E-state index >= 15 is 0 Å². The number of rotatable bonds is 6. The van der Waals surface area contributed by atoms with Crippen LogP contribution in [0.2, 0.25) is 0 Å². The van der Waals surface area contributed by atoms with Crippen molar-refractivity contribution in [1.82, 2.24) is 4.90 Å². The third-order valence-corrected chi connectivity index (χ3v) is 4.42. The Morgan fingerprint density at radius 2 is 1.93 bits per heavy atom. The van der Waals surface area contributed by atoms with Crippen LogP contribution in [0.5, 0.6) is 5.75 Å². The highest BCUT2D eigenvalue weighted by Gasteiger charge is 2.21. The van der Waals surface area contributed by atoms with Gasteiger partial charge in [0, 0.05) is 24.5 Å². The Hall–Kier alpha value is -3.35. The van der Waals surface area contributed by atoms with Crippen molar-refractivity contribution in [3.05, 3.63) is 65.2 Å². The molecule has 0 aliphatic heterocycles. The molecule has 3 rings (SSSR count). The topological polar surface area (TPSA) is 69.0 Å². The predicted octanol–water partition coefficient (Wildman–Crippen LogP) is 3.70. The quantitative estimate of drug-likeness (QED) is 0.605. The number of likely N-dealkylation sites (N-methyl/N-ethyl adjacent to an activating group) is 1. The number of carbonyl (C=O) groups excluding carboxylic acids is 2. The average molecular weight is 385 g/mol. The molecule has 6 nitrogen and oxygen atoms in total. The van der Waals surface area contributed by atoms with E-state index in [0.717, 1.165) is 5.39 Å². The Kier molecular flexibility index (Phi) is 5.63. The van der Waals surface area contributed by atoms with Crippen LogP contribution in [0.25, 0.3) is 11.0 Å². The summed E-state index contributed by atoms with van der Waals surface area (Å²) in [5, 5.41) is 0.819. The smallest absolute Gasteiger partial charge is 0.375 e. The second-order valence-electron chi connectivity index (χ2n) is 6.35. The number of ether oxygens (including phenoxy) is 2. The van der Waals surface area contributed by atoms with Crippen LogP contribution in [0.4, 0.5) is 4.39 Å². The van der Waals surface area contributed by atoms with Gasteiger partial charge in [-0.3, -0.25) is 4.79 Å². The maximum atomic E-state index is 13.8. The zero-order chi connectivity index (χ0) is 20.3. The summed E-state index contributed by atoms with van der Waals surface area (Å²) in [6, 6.07) is 11.7. The molecule has 7 heteroatoms. The number of para-hydroxylation sites is 1. The van der Waals surface area contributed by atoms with Crippen molar-refractivity contribution < 1.29 is 27.9 Å². The zero-order valence-corrected chi connectivity index (χ0v) is 15.8. The fourth-order valence-corrected chi connectivity index (χ4v) is 2.84. The van der Waals surface area contributed by atoms with Crippen LogP contribution in [0.15, 0.2) is 46.9 Å². The lowest BCUT2D eigenvalue weighted by atomic mass is 10.1. The minimum atomic E-state index is -0.703. The third kappa shape index (κ3) is 3.98. The van der Waals surface area contributed by atoms with Crippen LogP contribution in [-0.4, -0.2) is 37.5 Å². The molecule has 1 heterocycles. The van der Waals surface area contributed by atoms with Gasteiger partial charge in [-0.05, 0) is 30.7 Å². The average Bonchev–Trinajstić information content (AvgIpc) is 3.03. The number of fused-ring (bicyclic) bond motifs is 1. The molecular weight excluding hydrogens is 365 g/mol. The lowest BCUT2D eigenvalue weighted by Gasteiger charge is -2.17. The molecule has 28 heavy (non-hydrogen) atoms. The van der Waals surface area contributed by atoms with E-state index in [-0.39, 0.29) is 18.1 Å². The highest BCUT2D eigenvalue weighted by Crippen LogP contribution is 2.25. The largest absolute Gasteiger partial charge is 0.494 e. The number of furan rings is 1. The van der Waals surface area contributed by atoms with Crippen molar-refractivity contribution in [1.29, 1.82) is 0 Å². The van der Waals surface area contributed by atoms with Crippen molar-refractivity contribution in [3.63, 3.8) is 0 Å². The zero-order valence-electron chi connectivity index (χ0n) is 15.8. The monoisotopic (exact) mass is 385 g/mol. The summed E-state index contributed by atoms with van der Waals surface area (Å²) in [6.07, 6.45) is 0. The number of carbonyl (C=O) groups is 2. The first-order valence-corrected chi connectivity index (χ1v) is 8.62. The van der Waals surface area contributed by atoms with Crippen LogP contribution >= 0.6 is 0 Å². The van der Waals surface area contributed by atoms with E-state index < -0.39 is 24.3 Å². The number of methoxy groups -OCH3 is 1. The number of halogens is 1. The molecular formula is C21H20FNO5. The van der Waals surface area contributed by atoms with Crippen molar-refractivity contribution in [2.45, 2.75) is 13.5 Å². The number of amides is 1. The normalized spacial score (nSPS) is 10.7. The molecule has 0 saturated carbocycles. The molecule has 0 fully saturated rings. The Labute approximate surface area is 161 Å². The first kappa shape index (κ1) is 19.4. The molecule has 0 saturated heterocycles. The number of benzene rings is 2. The van der Waals surface area contributed by atoms with E-state index in [1.807, 2.05) is 12.1 Å². The molecule has 0 spiro atoms. The first-order chi connectivity index (χ1) is 13.4.